The Bertz CT molecular complexity index is 336. The van der Waals surface area contributed by atoms with Gasteiger partial charge in [-0.2, -0.15) is 0 Å². The predicted molar refractivity (Wildman–Crippen MR) is 124 cm³/mol. The van der Waals surface area contributed by atoms with E-state index >= 15 is 0 Å². The van der Waals surface area contributed by atoms with Gasteiger partial charge in [0.1, 0.15) is 0 Å². The van der Waals surface area contributed by atoms with Gasteiger partial charge in [0.15, 0.2) is 0 Å². The second-order valence-electron chi connectivity index (χ2n) is 11.0. The van der Waals surface area contributed by atoms with E-state index < -0.39 is 0 Å². The third-order valence-corrected chi connectivity index (χ3v) is 7.89. The largest absolute Gasteiger partial charge is 0.0654 e. The Hall–Kier alpha value is 0. The minimum absolute atomic E-state index is 0.863. The van der Waals surface area contributed by atoms with E-state index in [1.807, 2.05) is 0 Å². The summed E-state index contributed by atoms with van der Waals surface area (Å²) in [6, 6.07) is 0. The Balaban J connectivity index is 2.66. The Morgan fingerprint density at radius 1 is 0.778 bits per heavy atom. The van der Waals surface area contributed by atoms with Gasteiger partial charge in [0, 0.05) is 0 Å². The molecule has 0 saturated heterocycles. The average molecular weight is 379 g/mol. The molecule has 0 aromatic rings. The normalized spacial score (nSPS) is 25.3. The first-order chi connectivity index (χ1) is 12.9. The van der Waals surface area contributed by atoms with Crippen molar-refractivity contribution in [2.24, 2.45) is 41.4 Å². The van der Waals surface area contributed by atoms with Crippen LogP contribution in [0.4, 0.5) is 0 Å². The standard InChI is InChI=1S/C27H54/c1-8-10-14-26(24(7)13-11-12-22(5)9-2)20-27(19-21(3)4)25-17-15-23(6)16-18-25/h21-27H,8-20H2,1-7H3. The monoisotopic (exact) mass is 378 g/mol. The molecule has 0 heterocycles. The lowest BCUT2D eigenvalue weighted by Gasteiger charge is -2.37. The van der Waals surface area contributed by atoms with Gasteiger partial charge in [0.25, 0.3) is 0 Å². The summed E-state index contributed by atoms with van der Waals surface area (Å²) in [7, 11) is 0. The third-order valence-electron chi connectivity index (χ3n) is 7.89. The molecule has 162 valence electrons. The first kappa shape index (κ1) is 25.0. The highest BCUT2D eigenvalue weighted by Gasteiger charge is 2.30. The van der Waals surface area contributed by atoms with Gasteiger partial charge in [0.2, 0.25) is 0 Å². The van der Waals surface area contributed by atoms with Crippen LogP contribution in [0.2, 0.25) is 0 Å². The molecule has 0 radical (unpaired) electrons. The second kappa shape index (κ2) is 14.1. The van der Waals surface area contributed by atoms with Crippen molar-refractivity contribution in [2.75, 3.05) is 0 Å². The first-order valence-corrected chi connectivity index (χ1v) is 12.9. The minimum atomic E-state index is 0.863. The molecule has 0 N–H and O–H groups in total. The molecule has 4 atom stereocenters. The van der Waals surface area contributed by atoms with E-state index in [0.717, 1.165) is 41.4 Å². The zero-order valence-corrected chi connectivity index (χ0v) is 20.2. The van der Waals surface area contributed by atoms with Crippen molar-refractivity contribution in [1.82, 2.24) is 0 Å². The van der Waals surface area contributed by atoms with E-state index in [4.69, 9.17) is 0 Å². The van der Waals surface area contributed by atoms with Crippen LogP contribution in [-0.4, -0.2) is 0 Å². The summed E-state index contributed by atoms with van der Waals surface area (Å²) in [6.45, 7) is 17.1. The number of rotatable bonds is 14. The highest BCUT2D eigenvalue weighted by molar-refractivity contribution is 4.81. The Kier molecular flexibility index (Phi) is 13.0. The maximum Gasteiger partial charge on any atom is -0.0381 e. The second-order valence-corrected chi connectivity index (χ2v) is 11.0. The van der Waals surface area contributed by atoms with E-state index in [2.05, 4.69) is 48.5 Å². The predicted octanol–water partition coefficient (Wildman–Crippen LogP) is 9.52. The fourth-order valence-electron chi connectivity index (χ4n) is 5.56. The van der Waals surface area contributed by atoms with E-state index in [1.54, 1.807) is 0 Å². The number of hydrogen-bond acceptors (Lipinski definition) is 0. The first-order valence-electron chi connectivity index (χ1n) is 12.9. The lowest BCUT2D eigenvalue weighted by atomic mass is 9.68. The quantitative estimate of drug-likeness (QED) is 0.282. The van der Waals surface area contributed by atoms with Gasteiger partial charge in [-0.25, -0.2) is 0 Å². The van der Waals surface area contributed by atoms with Crippen molar-refractivity contribution in [3.8, 4) is 0 Å². The summed E-state index contributed by atoms with van der Waals surface area (Å²) in [5.41, 5.74) is 0. The van der Waals surface area contributed by atoms with Gasteiger partial charge in [-0.15, -0.1) is 0 Å². The van der Waals surface area contributed by atoms with Crippen molar-refractivity contribution in [3.63, 3.8) is 0 Å². The molecule has 1 aliphatic carbocycles. The van der Waals surface area contributed by atoms with Crippen LogP contribution < -0.4 is 0 Å². The molecule has 0 aliphatic heterocycles. The van der Waals surface area contributed by atoms with Gasteiger partial charge in [-0.1, -0.05) is 106 Å². The third kappa shape index (κ3) is 10.4. The number of hydrogen-bond donors (Lipinski definition) is 0. The molecular weight excluding hydrogens is 324 g/mol. The Labute approximate surface area is 173 Å². The zero-order chi connectivity index (χ0) is 20.2. The van der Waals surface area contributed by atoms with Crippen molar-refractivity contribution in [1.29, 1.82) is 0 Å². The molecule has 1 fully saturated rings. The summed E-state index contributed by atoms with van der Waals surface area (Å²) in [4.78, 5) is 0. The van der Waals surface area contributed by atoms with Crippen molar-refractivity contribution >= 4 is 0 Å². The molecule has 4 unspecified atom stereocenters. The van der Waals surface area contributed by atoms with Crippen LogP contribution in [0.1, 0.15) is 132 Å². The maximum absolute atomic E-state index is 2.59. The molecule has 0 aromatic carbocycles. The van der Waals surface area contributed by atoms with E-state index in [1.165, 1.54) is 83.5 Å². The van der Waals surface area contributed by atoms with Gasteiger partial charge in [-0.05, 0) is 67.1 Å². The van der Waals surface area contributed by atoms with Crippen LogP contribution in [0.3, 0.4) is 0 Å². The summed E-state index contributed by atoms with van der Waals surface area (Å²) >= 11 is 0. The van der Waals surface area contributed by atoms with Crippen molar-refractivity contribution in [3.05, 3.63) is 0 Å². The molecule has 0 aromatic heterocycles. The Morgan fingerprint density at radius 2 is 1.44 bits per heavy atom. The molecule has 0 heteroatoms. The van der Waals surface area contributed by atoms with E-state index in [9.17, 15) is 0 Å². The fourth-order valence-corrected chi connectivity index (χ4v) is 5.56. The summed E-state index contributed by atoms with van der Waals surface area (Å²) < 4.78 is 0. The van der Waals surface area contributed by atoms with Crippen LogP contribution >= 0.6 is 0 Å². The molecule has 0 nitrogen and oxygen atoms in total. The van der Waals surface area contributed by atoms with Gasteiger partial charge in [-0.3, -0.25) is 0 Å². The minimum Gasteiger partial charge on any atom is -0.0654 e. The molecule has 0 spiro atoms. The van der Waals surface area contributed by atoms with Crippen molar-refractivity contribution in [2.45, 2.75) is 132 Å². The molecule has 1 aliphatic rings. The van der Waals surface area contributed by atoms with Gasteiger partial charge < -0.3 is 0 Å². The Morgan fingerprint density at radius 3 is 2.00 bits per heavy atom. The maximum atomic E-state index is 2.59. The molecule has 0 bridgehead atoms. The lowest BCUT2D eigenvalue weighted by Crippen LogP contribution is -2.26. The highest BCUT2D eigenvalue weighted by atomic mass is 14.4. The lowest BCUT2D eigenvalue weighted by molar-refractivity contribution is 0.139. The highest BCUT2D eigenvalue weighted by Crippen LogP contribution is 2.41. The fraction of sp³-hybridized carbons (Fsp3) is 1.00. The number of unbranched alkanes of at least 4 members (excludes halogenated alkanes) is 1. The molecular formula is C27H54. The van der Waals surface area contributed by atoms with Crippen molar-refractivity contribution < 1.29 is 0 Å². The average Bonchev–Trinajstić information content (AvgIpc) is 2.64. The molecule has 1 saturated carbocycles. The van der Waals surface area contributed by atoms with Crippen LogP contribution in [0.15, 0.2) is 0 Å². The van der Waals surface area contributed by atoms with E-state index in [0.29, 0.717) is 0 Å². The summed E-state index contributed by atoms with van der Waals surface area (Å²) in [5.74, 6) is 6.70. The van der Waals surface area contributed by atoms with Crippen LogP contribution in [0.25, 0.3) is 0 Å². The SMILES string of the molecule is CCCCC(CC(CC(C)C)C1CCC(C)CC1)C(C)CCCC(C)CC. The molecule has 1 rings (SSSR count). The van der Waals surface area contributed by atoms with Crippen LogP contribution in [0, 0.1) is 41.4 Å². The molecule has 27 heavy (non-hydrogen) atoms. The summed E-state index contributed by atoms with van der Waals surface area (Å²) in [5, 5.41) is 0. The topological polar surface area (TPSA) is 0 Å². The van der Waals surface area contributed by atoms with Crippen LogP contribution in [-0.2, 0) is 0 Å². The van der Waals surface area contributed by atoms with Gasteiger partial charge in [0.05, 0.1) is 0 Å². The van der Waals surface area contributed by atoms with Gasteiger partial charge >= 0.3 is 0 Å². The smallest absolute Gasteiger partial charge is 0.0381 e. The van der Waals surface area contributed by atoms with Crippen LogP contribution in [0.5, 0.6) is 0 Å². The summed E-state index contributed by atoms with van der Waals surface area (Å²) in [6.07, 6.45) is 19.0. The van der Waals surface area contributed by atoms with E-state index in [-0.39, 0.29) is 0 Å². The zero-order valence-electron chi connectivity index (χ0n) is 20.2. The molecule has 0 amide bonds.